The van der Waals surface area contributed by atoms with E-state index in [1.807, 2.05) is 30.3 Å². The molecule has 1 aromatic heterocycles. The van der Waals surface area contributed by atoms with Gasteiger partial charge in [0.25, 0.3) is 5.91 Å². The van der Waals surface area contributed by atoms with E-state index in [4.69, 9.17) is 0 Å². The maximum absolute atomic E-state index is 12.8. The fourth-order valence-electron chi connectivity index (χ4n) is 2.91. The van der Waals surface area contributed by atoms with Crippen molar-refractivity contribution in [1.82, 2.24) is 13.6 Å². The Balaban J connectivity index is 1.65. The van der Waals surface area contributed by atoms with Crippen molar-refractivity contribution in [2.24, 2.45) is 0 Å². The van der Waals surface area contributed by atoms with Crippen LogP contribution >= 0.6 is 11.5 Å². The van der Waals surface area contributed by atoms with Crippen molar-refractivity contribution in [3.8, 4) is 0 Å². The quantitative estimate of drug-likeness (QED) is 0.824. The van der Waals surface area contributed by atoms with Crippen LogP contribution in [0.25, 0.3) is 6.08 Å². The summed E-state index contributed by atoms with van der Waals surface area (Å²) in [7, 11) is -1.76. The molecular formula is C18H22N4O3S2. The second-order valence-corrected chi connectivity index (χ2v) is 8.76. The van der Waals surface area contributed by atoms with Gasteiger partial charge in [0.05, 0.1) is 11.3 Å². The first-order valence-electron chi connectivity index (χ1n) is 8.59. The minimum Gasteiger partial charge on any atom is -0.378 e. The van der Waals surface area contributed by atoms with Crippen molar-refractivity contribution < 1.29 is 13.2 Å². The highest BCUT2D eigenvalue weighted by Gasteiger charge is 2.30. The number of hydrogen-bond donors (Lipinski definition) is 1. The molecule has 1 aromatic carbocycles. The molecule has 2 aromatic rings. The zero-order chi connectivity index (χ0) is 19.4. The number of amides is 1. The molecule has 1 aliphatic heterocycles. The number of rotatable bonds is 5. The number of nitrogens with zero attached hydrogens (tertiary/aromatic N) is 3. The van der Waals surface area contributed by atoms with Gasteiger partial charge in [-0.1, -0.05) is 30.3 Å². The van der Waals surface area contributed by atoms with Crippen LogP contribution in [-0.2, 0) is 10.0 Å². The van der Waals surface area contributed by atoms with Gasteiger partial charge in [-0.25, -0.2) is 8.42 Å². The van der Waals surface area contributed by atoms with Crippen molar-refractivity contribution in [2.45, 2.75) is 6.92 Å². The van der Waals surface area contributed by atoms with Crippen molar-refractivity contribution in [3.05, 3.63) is 52.6 Å². The number of carbonyl (C=O) groups excluding carboxylic acids is 1. The fraction of sp³-hybridized carbons (Fsp3) is 0.333. The Labute approximate surface area is 163 Å². The second-order valence-electron chi connectivity index (χ2n) is 6.17. The number of piperazine rings is 1. The average Bonchev–Trinajstić information content (AvgIpc) is 3.07. The summed E-state index contributed by atoms with van der Waals surface area (Å²) in [5.41, 5.74) is 2.09. The molecule has 0 spiro atoms. The number of hydrogen-bond acceptors (Lipinski definition) is 6. The number of carbonyl (C=O) groups is 1. The van der Waals surface area contributed by atoms with Gasteiger partial charge in [0.2, 0.25) is 10.0 Å². The Morgan fingerprint density at radius 1 is 1.19 bits per heavy atom. The van der Waals surface area contributed by atoms with E-state index in [-0.39, 0.29) is 19.0 Å². The van der Waals surface area contributed by atoms with E-state index in [0.717, 1.165) is 10.6 Å². The largest absolute Gasteiger partial charge is 0.378 e. The molecule has 3 rings (SSSR count). The highest BCUT2D eigenvalue weighted by molar-refractivity contribution is 7.92. The Hall–Kier alpha value is -2.23. The van der Waals surface area contributed by atoms with Gasteiger partial charge in [0, 0.05) is 38.6 Å². The van der Waals surface area contributed by atoms with Gasteiger partial charge >= 0.3 is 0 Å². The third kappa shape index (κ3) is 4.37. The summed E-state index contributed by atoms with van der Waals surface area (Å²) in [5, 5.41) is 4.96. The van der Waals surface area contributed by atoms with Gasteiger partial charge < -0.3 is 10.2 Å². The van der Waals surface area contributed by atoms with Crippen LogP contribution in [0.2, 0.25) is 0 Å². The normalized spacial score (nSPS) is 16.0. The van der Waals surface area contributed by atoms with E-state index < -0.39 is 10.0 Å². The van der Waals surface area contributed by atoms with Gasteiger partial charge in [-0.2, -0.15) is 8.68 Å². The van der Waals surface area contributed by atoms with E-state index in [1.54, 1.807) is 24.9 Å². The van der Waals surface area contributed by atoms with Gasteiger partial charge in [-0.3, -0.25) is 4.79 Å². The van der Waals surface area contributed by atoms with Crippen LogP contribution in [0.15, 0.2) is 35.7 Å². The van der Waals surface area contributed by atoms with Crippen LogP contribution in [-0.4, -0.2) is 61.1 Å². The summed E-state index contributed by atoms with van der Waals surface area (Å²) in [6.45, 7) is 3.07. The Bertz CT molecular complexity index is 931. The molecule has 1 saturated heterocycles. The van der Waals surface area contributed by atoms with Crippen LogP contribution in [0, 0.1) is 6.92 Å². The molecule has 9 heteroatoms. The van der Waals surface area contributed by atoms with Gasteiger partial charge in [0.15, 0.2) is 0 Å². The highest BCUT2D eigenvalue weighted by Crippen LogP contribution is 2.26. The molecule has 1 N–H and O–H groups in total. The number of aryl methyl sites for hydroxylation is 1. The number of nitrogens with one attached hydrogen (secondary N) is 1. The molecule has 0 bridgehead atoms. The maximum atomic E-state index is 12.8. The lowest BCUT2D eigenvalue weighted by molar-refractivity contribution is 0.0699. The van der Waals surface area contributed by atoms with Crippen LogP contribution in [0.4, 0.5) is 5.00 Å². The summed E-state index contributed by atoms with van der Waals surface area (Å²) in [6, 6.07) is 9.29. The van der Waals surface area contributed by atoms with Crippen LogP contribution in [0.5, 0.6) is 0 Å². The SMILES string of the molecule is CNc1snc(C)c1C(=O)N1CCN(S(=O)(=O)/C=C/c2ccccc2)CC1. The summed E-state index contributed by atoms with van der Waals surface area (Å²) in [4.78, 5) is 14.5. The second kappa shape index (κ2) is 8.20. The van der Waals surface area contributed by atoms with Crippen LogP contribution in [0.3, 0.4) is 0 Å². The molecule has 144 valence electrons. The summed E-state index contributed by atoms with van der Waals surface area (Å²) < 4.78 is 30.7. The standard InChI is InChI=1S/C18H22N4O3S2/c1-14-16(17(19-2)26-20-14)18(23)21-9-11-22(12-10-21)27(24,25)13-8-15-6-4-3-5-7-15/h3-8,13,19H,9-12H2,1-2H3/b13-8+. The fourth-order valence-corrected chi connectivity index (χ4v) is 4.82. The zero-order valence-corrected chi connectivity index (χ0v) is 16.9. The number of anilines is 1. The van der Waals surface area contributed by atoms with E-state index in [2.05, 4.69) is 9.69 Å². The third-order valence-corrected chi connectivity index (χ3v) is 6.94. The van der Waals surface area contributed by atoms with Crippen LogP contribution in [0.1, 0.15) is 21.6 Å². The molecule has 0 atom stereocenters. The van der Waals surface area contributed by atoms with Crippen molar-refractivity contribution in [3.63, 3.8) is 0 Å². The topological polar surface area (TPSA) is 82.6 Å². The molecule has 1 aliphatic rings. The summed E-state index contributed by atoms with van der Waals surface area (Å²) >= 11 is 1.25. The molecule has 1 amide bonds. The van der Waals surface area contributed by atoms with E-state index in [9.17, 15) is 13.2 Å². The van der Waals surface area contributed by atoms with E-state index in [1.165, 1.54) is 21.2 Å². The van der Waals surface area contributed by atoms with Crippen molar-refractivity contribution in [1.29, 1.82) is 0 Å². The van der Waals surface area contributed by atoms with Gasteiger partial charge in [-0.15, -0.1) is 0 Å². The molecule has 7 nitrogen and oxygen atoms in total. The summed E-state index contributed by atoms with van der Waals surface area (Å²) in [6.07, 6.45) is 1.59. The molecule has 0 radical (unpaired) electrons. The number of benzene rings is 1. The molecule has 2 heterocycles. The molecule has 27 heavy (non-hydrogen) atoms. The lowest BCUT2D eigenvalue weighted by Crippen LogP contribution is -2.50. The highest BCUT2D eigenvalue weighted by atomic mass is 32.2. The molecule has 0 aliphatic carbocycles. The minimum absolute atomic E-state index is 0.109. The Kier molecular flexibility index (Phi) is 5.93. The van der Waals surface area contributed by atoms with E-state index in [0.29, 0.717) is 24.3 Å². The zero-order valence-electron chi connectivity index (χ0n) is 15.3. The minimum atomic E-state index is -3.51. The van der Waals surface area contributed by atoms with Crippen LogP contribution < -0.4 is 5.32 Å². The third-order valence-electron chi connectivity index (χ3n) is 4.42. The van der Waals surface area contributed by atoms with E-state index >= 15 is 0 Å². The maximum Gasteiger partial charge on any atom is 0.258 e. The monoisotopic (exact) mass is 406 g/mol. The smallest absolute Gasteiger partial charge is 0.258 e. The first-order chi connectivity index (χ1) is 12.9. The summed E-state index contributed by atoms with van der Waals surface area (Å²) in [5.74, 6) is -0.109. The molecular weight excluding hydrogens is 384 g/mol. The Morgan fingerprint density at radius 2 is 1.85 bits per heavy atom. The number of aromatic nitrogens is 1. The first-order valence-corrected chi connectivity index (χ1v) is 10.9. The lowest BCUT2D eigenvalue weighted by Gasteiger charge is -2.33. The van der Waals surface area contributed by atoms with Gasteiger partial charge in [-0.05, 0) is 30.1 Å². The van der Waals surface area contributed by atoms with Crippen molar-refractivity contribution >= 4 is 38.5 Å². The Morgan fingerprint density at radius 3 is 2.48 bits per heavy atom. The molecule has 0 saturated carbocycles. The predicted molar refractivity (Wildman–Crippen MR) is 108 cm³/mol. The lowest BCUT2D eigenvalue weighted by atomic mass is 10.2. The average molecular weight is 407 g/mol. The number of sulfonamides is 1. The predicted octanol–water partition coefficient (Wildman–Crippen LogP) is 2.25. The molecule has 1 fully saturated rings. The van der Waals surface area contributed by atoms with Crippen molar-refractivity contribution in [2.75, 3.05) is 38.5 Å². The van der Waals surface area contributed by atoms with Gasteiger partial charge in [0.1, 0.15) is 5.00 Å². The molecule has 0 unspecified atom stereocenters. The first kappa shape index (κ1) is 19.5.